The molecular formula is C15H23N3O6S. The fourth-order valence-electron chi connectivity index (χ4n) is 1.68. The zero-order valence-corrected chi connectivity index (χ0v) is 14.8. The minimum atomic E-state index is -3.70. The van der Waals surface area contributed by atoms with Crippen LogP contribution >= 0.6 is 0 Å². The first-order valence-electron chi connectivity index (χ1n) is 7.85. The summed E-state index contributed by atoms with van der Waals surface area (Å²) in [6.07, 6.45) is 0.467. The number of benzene rings is 1. The van der Waals surface area contributed by atoms with E-state index in [1.54, 1.807) is 18.2 Å². The van der Waals surface area contributed by atoms with Gasteiger partial charge >= 0.3 is 0 Å². The van der Waals surface area contributed by atoms with E-state index in [0.717, 1.165) is 0 Å². The molecule has 0 aliphatic carbocycles. The van der Waals surface area contributed by atoms with Gasteiger partial charge in [-0.15, -0.1) is 0 Å². The Morgan fingerprint density at radius 3 is 2.12 bits per heavy atom. The molecule has 0 aromatic heterocycles. The minimum absolute atomic E-state index is 0.0666. The van der Waals surface area contributed by atoms with Crippen molar-refractivity contribution in [3.05, 3.63) is 40.8 Å². The number of rotatable bonds is 15. The molecule has 0 bridgehead atoms. The van der Waals surface area contributed by atoms with Crippen molar-refractivity contribution in [3.8, 4) is 0 Å². The van der Waals surface area contributed by atoms with Crippen molar-refractivity contribution < 1.29 is 26.8 Å². The molecule has 10 heteroatoms. The highest BCUT2D eigenvalue weighted by molar-refractivity contribution is 7.86. The molecular weight excluding hydrogens is 350 g/mol. The first-order valence-corrected chi connectivity index (χ1v) is 9.26. The second kappa shape index (κ2) is 13.6. The molecule has 0 N–H and O–H groups in total. The molecule has 0 saturated carbocycles. The molecule has 0 spiro atoms. The largest absolute Gasteiger partial charge is 0.379 e. The fraction of sp³-hybridized carbons (Fsp3) is 0.600. The van der Waals surface area contributed by atoms with Crippen molar-refractivity contribution in [2.75, 3.05) is 52.8 Å². The molecule has 1 aromatic rings. The predicted molar refractivity (Wildman–Crippen MR) is 90.7 cm³/mol. The van der Waals surface area contributed by atoms with Crippen LogP contribution in [0.5, 0.6) is 0 Å². The number of hydrogen-bond acceptors (Lipinski definition) is 7. The van der Waals surface area contributed by atoms with Gasteiger partial charge in [0.25, 0.3) is 10.1 Å². The van der Waals surface area contributed by atoms with E-state index in [1.165, 1.54) is 12.1 Å². The summed E-state index contributed by atoms with van der Waals surface area (Å²) in [5.74, 6) is 0. The molecule has 0 aliphatic heterocycles. The van der Waals surface area contributed by atoms with Gasteiger partial charge in [0.05, 0.1) is 44.5 Å². The number of hydrogen-bond donors (Lipinski definition) is 0. The Bertz CT molecular complexity index is 605. The average molecular weight is 373 g/mol. The van der Waals surface area contributed by atoms with Crippen LogP contribution in [0.15, 0.2) is 40.3 Å². The van der Waals surface area contributed by atoms with Crippen LogP contribution in [0.1, 0.15) is 6.42 Å². The number of ether oxygens (including phenoxy) is 3. The Labute approximate surface area is 147 Å². The maximum absolute atomic E-state index is 11.8. The third kappa shape index (κ3) is 10.7. The predicted octanol–water partition coefficient (Wildman–Crippen LogP) is 2.14. The van der Waals surface area contributed by atoms with Crippen LogP contribution in [-0.2, 0) is 28.5 Å². The summed E-state index contributed by atoms with van der Waals surface area (Å²) >= 11 is 0. The van der Waals surface area contributed by atoms with E-state index in [4.69, 9.17) is 23.9 Å². The van der Waals surface area contributed by atoms with E-state index >= 15 is 0 Å². The summed E-state index contributed by atoms with van der Waals surface area (Å²) in [5, 5.41) is 3.33. The normalized spacial score (nSPS) is 11.2. The Morgan fingerprint density at radius 1 is 0.880 bits per heavy atom. The first kappa shape index (κ1) is 21.4. The van der Waals surface area contributed by atoms with Gasteiger partial charge in [0, 0.05) is 18.1 Å². The average Bonchev–Trinajstić information content (AvgIpc) is 2.63. The van der Waals surface area contributed by atoms with Gasteiger partial charge in [0.2, 0.25) is 0 Å². The van der Waals surface area contributed by atoms with E-state index in [1.807, 2.05) is 0 Å². The highest BCUT2D eigenvalue weighted by Gasteiger charge is 2.13. The SMILES string of the molecule is [N-]=[N+]=NCCOCCOCCOCCCOS(=O)(=O)c1ccccc1. The highest BCUT2D eigenvalue weighted by atomic mass is 32.2. The molecule has 0 unspecified atom stereocenters. The second-order valence-electron chi connectivity index (χ2n) is 4.73. The number of azide groups is 1. The van der Waals surface area contributed by atoms with Gasteiger partial charge in [-0.1, -0.05) is 23.3 Å². The van der Waals surface area contributed by atoms with Gasteiger partial charge in [-0.05, 0) is 24.1 Å². The van der Waals surface area contributed by atoms with Gasteiger partial charge in [-0.3, -0.25) is 4.18 Å². The smallest absolute Gasteiger partial charge is 0.296 e. The topological polar surface area (TPSA) is 120 Å². The molecule has 9 nitrogen and oxygen atoms in total. The lowest BCUT2D eigenvalue weighted by Crippen LogP contribution is -2.12. The molecule has 25 heavy (non-hydrogen) atoms. The highest BCUT2D eigenvalue weighted by Crippen LogP contribution is 2.11. The maximum Gasteiger partial charge on any atom is 0.296 e. The zero-order chi connectivity index (χ0) is 18.2. The van der Waals surface area contributed by atoms with E-state index < -0.39 is 10.1 Å². The molecule has 0 fully saturated rings. The van der Waals surface area contributed by atoms with Crippen molar-refractivity contribution >= 4 is 10.1 Å². The van der Waals surface area contributed by atoms with Crippen LogP contribution < -0.4 is 0 Å². The lowest BCUT2D eigenvalue weighted by Gasteiger charge is -2.07. The van der Waals surface area contributed by atoms with E-state index in [2.05, 4.69) is 10.0 Å². The molecule has 0 amide bonds. The quantitative estimate of drug-likeness (QED) is 0.153. The summed E-state index contributed by atoms with van der Waals surface area (Å²) in [6, 6.07) is 8.01. The van der Waals surface area contributed by atoms with Gasteiger partial charge in [0.1, 0.15) is 0 Å². The summed E-state index contributed by atoms with van der Waals surface area (Å²) in [6.45, 7) is 2.81. The van der Waals surface area contributed by atoms with Gasteiger partial charge < -0.3 is 14.2 Å². The Hall–Kier alpha value is -1.68. The van der Waals surface area contributed by atoms with Crippen LogP contribution in [0.4, 0.5) is 0 Å². The van der Waals surface area contributed by atoms with Gasteiger partial charge in [-0.2, -0.15) is 8.42 Å². The Kier molecular flexibility index (Phi) is 11.6. The van der Waals surface area contributed by atoms with Crippen LogP contribution in [-0.4, -0.2) is 61.2 Å². The lowest BCUT2D eigenvalue weighted by atomic mass is 10.4. The summed E-state index contributed by atoms with van der Waals surface area (Å²) in [7, 11) is -3.70. The van der Waals surface area contributed by atoms with Crippen molar-refractivity contribution in [2.24, 2.45) is 5.11 Å². The van der Waals surface area contributed by atoms with Gasteiger partial charge in [0.15, 0.2) is 0 Å². The molecule has 0 atom stereocenters. The lowest BCUT2D eigenvalue weighted by molar-refractivity contribution is 0.0142. The molecule has 140 valence electrons. The number of nitrogens with zero attached hydrogens (tertiary/aromatic N) is 3. The standard InChI is InChI=1S/C15H23N3O6S/c16-18-17-7-10-22-12-14-23-13-11-21-8-4-9-24-25(19,20)15-5-2-1-3-6-15/h1-3,5-6H,4,7-14H2. The molecule has 0 radical (unpaired) electrons. The van der Waals surface area contributed by atoms with Crippen molar-refractivity contribution in [3.63, 3.8) is 0 Å². The first-order chi connectivity index (χ1) is 12.2. The molecule has 0 saturated heterocycles. The minimum Gasteiger partial charge on any atom is -0.379 e. The van der Waals surface area contributed by atoms with E-state index in [0.29, 0.717) is 52.6 Å². The Balaban J connectivity index is 1.91. The molecule has 1 aromatic carbocycles. The van der Waals surface area contributed by atoms with Crippen LogP contribution in [0.2, 0.25) is 0 Å². The summed E-state index contributed by atoms with van der Waals surface area (Å²) < 4.78 is 44.4. The third-order valence-corrected chi connectivity index (χ3v) is 4.17. The summed E-state index contributed by atoms with van der Waals surface area (Å²) in [4.78, 5) is 2.75. The second-order valence-corrected chi connectivity index (χ2v) is 6.35. The van der Waals surface area contributed by atoms with E-state index in [-0.39, 0.29) is 11.5 Å². The van der Waals surface area contributed by atoms with Crippen molar-refractivity contribution in [1.82, 2.24) is 0 Å². The fourth-order valence-corrected chi connectivity index (χ4v) is 2.64. The van der Waals surface area contributed by atoms with E-state index in [9.17, 15) is 8.42 Å². The van der Waals surface area contributed by atoms with Crippen LogP contribution in [0, 0.1) is 0 Å². The van der Waals surface area contributed by atoms with Crippen LogP contribution in [0.3, 0.4) is 0 Å². The van der Waals surface area contributed by atoms with Gasteiger partial charge in [-0.25, -0.2) is 0 Å². The molecule has 0 aliphatic rings. The summed E-state index contributed by atoms with van der Waals surface area (Å²) in [5.41, 5.74) is 8.06. The van der Waals surface area contributed by atoms with Crippen molar-refractivity contribution in [1.29, 1.82) is 0 Å². The molecule has 1 rings (SSSR count). The van der Waals surface area contributed by atoms with Crippen molar-refractivity contribution in [2.45, 2.75) is 11.3 Å². The maximum atomic E-state index is 11.8. The Morgan fingerprint density at radius 2 is 1.48 bits per heavy atom. The zero-order valence-electron chi connectivity index (χ0n) is 14.0. The molecule has 0 heterocycles. The monoisotopic (exact) mass is 373 g/mol. The third-order valence-electron chi connectivity index (χ3n) is 2.85. The van der Waals surface area contributed by atoms with Crippen LogP contribution in [0.25, 0.3) is 10.4 Å².